The van der Waals surface area contributed by atoms with Crippen LogP contribution in [0.15, 0.2) is 27.4 Å². The van der Waals surface area contributed by atoms with Gasteiger partial charge in [-0.3, -0.25) is 9.69 Å². The van der Waals surface area contributed by atoms with Gasteiger partial charge in [-0.2, -0.15) is 0 Å². The number of hydrogen-bond donors (Lipinski definition) is 0. The summed E-state index contributed by atoms with van der Waals surface area (Å²) < 4.78 is 15.4. The summed E-state index contributed by atoms with van der Waals surface area (Å²) in [6.07, 6.45) is 4.70. The number of carbonyl (C=O) groups is 2. The molecule has 0 amide bonds. The van der Waals surface area contributed by atoms with Crippen molar-refractivity contribution in [3.05, 3.63) is 24.5 Å². The molecule has 8 heteroatoms. The smallest absolute Gasteiger partial charge is 0.375 e. The second kappa shape index (κ2) is 7.39. The van der Waals surface area contributed by atoms with Crippen LogP contribution in [0.3, 0.4) is 0 Å². The van der Waals surface area contributed by atoms with E-state index in [9.17, 15) is 9.59 Å². The van der Waals surface area contributed by atoms with Gasteiger partial charge < -0.3 is 13.6 Å². The molecule has 1 saturated heterocycles. The third-order valence-corrected chi connectivity index (χ3v) is 4.02. The molecule has 0 atom stereocenters. The van der Waals surface area contributed by atoms with Crippen LogP contribution in [0.2, 0.25) is 0 Å². The summed E-state index contributed by atoms with van der Waals surface area (Å²) >= 11 is 0. The highest BCUT2D eigenvalue weighted by atomic mass is 16.5. The van der Waals surface area contributed by atoms with Gasteiger partial charge in [0.1, 0.15) is 6.26 Å². The lowest BCUT2D eigenvalue weighted by Gasteiger charge is -2.29. The van der Waals surface area contributed by atoms with E-state index in [0.29, 0.717) is 24.9 Å². The van der Waals surface area contributed by atoms with E-state index in [1.165, 1.54) is 0 Å². The van der Waals surface area contributed by atoms with Gasteiger partial charge in [-0.15, -0.1) is 10.2 Å². The minimum atomic E-state index is -0.763. The van der Waals surface area contributed by atoms with Crippen LogP contribution < -0.4 is 0 Å². The summed E-state index contributed by atoms with van der Waals surface area (Å²) in [5, 5.41) is 8.16. The predicted molar refractivity (Wildman–Crippen MR) is 82.1 cm³/mol. The zero-order valence-electron chi connectivity index (χ0n) is 13.4. The number of likely N-dealkylation sites (tertiary alicyclic amines) is 1. The molecule has 1 aliphatic rings. The van der Waals surface area contributed by atoms with E-state index < -0.39 is 11.8 Å². The molecule has 0 spiro atoms. The third kappa shape index (κ3) is 3.70. The molecule has 0 unspecified atom stereocenters. The first-order valence-electron chi connectivity index (χ1n) is 7.95. The maximum absolute atomic E-state index is 11.7. The summed E-state index contributed by atoms with van der Waals surface area (Å²) in [5.41, 5.74) is 0.756. The van der Waals surface area contributed by atoms with Crippen molar-refractivity contribution < 1.29 is 23.2 Å². The topological polar surface area (TPSA) is 98.7 Å². The maximum atomic E-state index is 11.7. The Morgan fingerprint density at radius 3 is 2.79 bits per heavy atom. The van der Waals surface area contributed by atoms with Crippen LogP contribution in [0.5, 0.6) is 0 Å². The van der Waals surface area contributed by atoms with E-state index in [4.69, 9.17) is 13.6 Å². The van der Waals surface area contributed by atoms with Crippen LogP contribution in [-0.2, 0) is 14.3 Å². The van der Waals surface area contributed by atoms with Gasteiger partial charge in [-0.1, -0.05) is 0 Å². The number of aromatic nitrogens is 2. The van der Waals surface area contributed by atoms with Crippen molar-refractivity contribution in [2.45, 2.75) is 25.7 Å². The Morgan fingerprint density at radius 2 is 2.12 bits per heavy atom. The molecule has 0 N–H and O–H groups in total. The first-order valence-corrected chi connectivity index (χ1v) is 7.95. The number of hydrogen-bond acceptors (Lipinski definition) is 8. The molecule has 0 bridgehead atoms. The van der Waals surface area contributed by atoms with Crippen molar-refractivity contribution in [2.24, 2.45) is 0 Å². The molecule has 0 radical (unpaired) electrons. The van der Waals surface area contributed by atoms with Crippen molar-refractivity contribution in [3.8, 4) is 11.5 Å². The van der Waals surface area contributed by atoms with Crippen molar-refractivity contribution in [1.29, 1.82) is 0 Å². The molecule has 0 aliphatic carbocycles. The van der Waals surface area contributed by atoms with Gasteiger partial charge in [0.25, 0.3) is 11.7 Å². The normalized spacial score (nSPS) is 16.2. The fourth-order valence-corrected chi connectivity index (χ4v) is 2.72. The van der Waals surface area contributed by atoms with Gasteiger partial charge in [-0.05, 0) is 38.9 Å². The Bertz CT molecular complexity index is 686. The van der Waals surface area contributed by atoms with E-state index in [0.717, 1.165) is 18.4 Å². The molecule has 8 nitrogen and oxygen atoms in total. The Balaban J connectivity index is 1.52. The first kappa shape index (κ1) is 16.4. The van der Waals surface area contributed by atoms with E-state index in [2.05, 4.69) is 10.2 Å². The summed E-state index contributed by atoms with van der Waals surface area (Å²) in [7, 11) is 0. The summed E-state index contributed by atoms with van der Waals surface area (Å²) in [6.45, 7) is 3.37. The highest BCUT2D eigenvalue weighted by Gasteiger charge is 2.27. The number of nitrogens with zero attached hydrogens (tertiary/aromatic N) is 3. The number of carbonyl (C=O) groups excluding carboxylic acids is 2. The average molecular weight is 333 g/mol. The van der Waals surface area contributed by atoms with Crippen molar-refractivity contribution >= 4 is 11.8 Å². The highest BCUT2D eigenvalue weighted by molar-refractivity contribution is 6.34. The number of Topliss-reactive ketones (excluding diaryl/α,β-unsaturated/α-hetero) is 1. The lowest BCUT2D eigenvalue weighted by molar-refractivity contribution is -0.154. The number of ketones is 1. The molecule has 3 heterocycles. The summed E-state index contributed by atoms with van der Waals surface area (Å²) in [6, 6.07) is 1.76. The van der Waals surface area contributed by atoms with Crippen LogP contribution in [0.4, 0.5) is 0 Å². The molecule has 2 aromatic heterocycles. The van der Waals surface area contributed by atoms with Crippen molar-refractivity contribution in [2.75, 3.05) is 26.2 Å². The van der Waals surface area contributed by atoms with Crippen LogP contribution >= 0.6 is 0 Å². The van der Waals surface area contributed by atoms with E-state index in [1.807, 2.05) is 4.90 Å². The highest BCUT2D eigenvalue weighted by Crippen LogP contribution is 2.29. The van der Waals surface area contributed by atoms with Gasteiger partial charge >= 0.3 is 5.97 Å². The zero-order chi connectivity index (χ0) is 16.9. The Kier molecular flexibility index (Phi) is 5.05. The molecule has 24 heavy (non-hydrogen) atoms. The second-order valence-electron chi connectivity index (χ2n) is 5.65. The lowest BCUT2D eigenvalue weighted by atomic mass is 9.97. The number of esters is 1. The lowest BCUT2D eigenvalue weighted by Crippen LogP contribution is -2.39. The predicted octanol–water partition coefficient (Wildman–Crippen LogP) is 1.64. The minimum Gasteiger partial charge on any atom is -0.472 e. The number of furan rings is 1. The average Bonchev–Trinajstić information content (AvgIpc) is 3.27. The molecular weight excluding hydrogens is 314 g/mol. The van der Waals surface area contributed by atoms with Gasteiger partial charge in [0.2, 0.25) is 5.89 Å². The third-order valence-electron chi connectivity index (χ3n) is 4.02. The summed E-state index contributed by atoms with van der Waals surface area (Å²) in [5.74, 6) is -0.0649. The molecule has 128 valence electrons. The van der Waals surface area contributed by atoms with Gasteiger partial charge in [0.15, 0.2) is 0 Å². The SMILES string of the molecule is CCOC(=O)C(=O)CN1CCC(c2nnc(-c3ccoc3)o2)CC1. The fourth-order valence-electron chi connectivity index (χ4n) is 2.72. The van der Waals surface area contributed by atoms with Crippen LogP contribution in [0, 0.1) is 0 Å². The molecule has 3 rings (SSSR count). The Hall–Kier alpha value is -2.48. The standard InChI is InChI=1S/C16H19N3O5/c1-2-23-16(21)13(20)9-19-6-3-11(4-7-19)14-17-18-15(24-14)12-5-8-22-10-12/h5,8,10-11H,2-4,6-7,9H2,1H3. The molecule has 1 aliphatic heterocycles. The largest absolute Gasteiger partial charge is 0.472 e. The van der Waals surface area contributed by atoms with Crippen LogP contribution in [0.1, 0.15) is 31.6 Å². The second-order valence-corrected chi connectivity index (χ2v) is 5.65. The monoisotopic (exact) mass is 333 g/mol. The van der Waals surface area contributed by atoms with Crippen molar-refractivity contribution in [1.82, 2.24) is 15.1 Å². The molecule has 1 fully saturated rings. The van der Waals surface area contributed by atoms with Gasteiger partial charge in [0.05, 0.1) is 25.0 Å². The van der Waals surface area contributed by atoms with Crippen LogP contribution in [-0.4, -0.2) is 53.1 Å². The fraction of sp³-hybridized carbons (Fsp3) is 0.500. The van der Waals surface area contributed by atoms with E-state index >= 15 is 0 Å². The van der Waals surface area contributed by atoms with E-state index in [1.54, 1.807) is 25.5 Å². The quantitative estimate of drug-likeness (QED) is 0.581. The van der Waals surface area contributed by atoms with Gasteiger partial charge in [0, 0.05) is 5.92 Å². The van der Waals surface area contributed by atoms with Crippen molar-refractivity contribution in [3.63, 3.8) is 0 Å². The number of ether oxygens (including phenoxy) is 1. The Labute approximate surface area is 138 Å². The number of rotatable bonds is 6. The van der Waals surface area contributed by atoms with Crippen LogP contribution in [0.25, 0.3) is 11.5 Å². The Morgan fingerprint density at radius 1 is 1.33 bits per heavy atom. The maximum Gasteiger partial charge on any atom is 0.375 e. The van der Waals surface area contributed by atoms with E-state index in [-0.39, 0.29) is 19.1 Å². The molecular formula is C16H19N3O5. The molecule has 2 aromatic rings. The molecule has 0 aromatic carbocycles. The minimum absolute atomic E-state index is 0.0929. The zero-order valence-corrected chi connectivity index (χ0v) is 13.4. The van der Waals surface area contributed by atoms with Gasteiger partial charge in [-0.25, -0.2) is 4.79 Å². The first-order chi connectivity index (χ1) is 11.7. The number of piperidine rings is 1. The summed E-state index contributed by atoms with van der Waals surface area (Å²) in [4.78, 5) is 25.0. The molecule has 0 saturated carbocycles.